The predicted molar refractivity (Wildman–Crippen MR) is 88.2 cm³/mol. The van der Waals surface area contributed by atoms with E-state index in [-0.39, 0.29) is 12.2 Å². The van der Waals surface area contributed by atoms with E-state index in [1.165, 1.54) is 23.4 Å². The molecule has 9 heteroatoms. The minimum absolute atomic E-state index is 0.0416. The van der Waals surface area contributed by atoms with Crippen molar-refractivity contribution in [2.75, 3.05) is 0 Å². The van der Waals surface area contributed by atoms with Crippen molar-refractivity contribution in [1.29, 1.82) is 0 Å². The van der Waals surface area contributed by atoms with E-state index in [1.54, 1.807) is 6.07 Å². The lowest BCUT2D eigenvalue weighted by Gasteiger charge is -2.02. The maximum atomic E-state index is 12.3. The zero-order chi connectivity index (χ0) is 17.6. The number of carbonyl (C=O) groups is 1. The fourth-order valence-electron chi connectivity index (χ4n) is 2.12. The smallest absolute Gasteiger partial charge is 0.390 e. The number of rotatable bonds is 6. The van der Waals surface area contributed by atoms with Gasteiger partial charge in [-0.1, -0.05) is 30.3 Å². The highest BCUT2D eigenvalue weighted by Gasteiger charge is 2.23. The molecule has 0 spiro atoms. The number of furan rings is 1. The van der Waals surface area contributed by atoms with Crippen molar-refractivity contribution in [3.05, 3.63) is 81.9 Å². The Morgan fingerprint density at radius 3 is 2.84 bits per heavy atom. The zero-order valence-electron chi connectivity index (χ0n) is 12.9. The first kappa shape index (κ1) is 16.1. The van der Waals surface area contributed by atoms with Gasteiger partial charge in [-0.3, -0.25) is 4.79 Å². The SMILES string of the molecule is O=C(N/N=C/c1ccoc1)c1cc([N+](=O)[O-])nn1Cc1ccccc1. The van der Waals surface area contributed by atoms with Gasteiger partial charge >= 0.3 is 5.82 Å². The normalized spacial score (nSPS) is 10.9. The second-order valence-corrected chi connectivity index (χ2v) is 5.04. The van der Waals surface area contributed by atoms with E-state index in [2.05, 4.69) is 15.6 Å². The molecule has 0 radical (unpaired) electrons. The molecule has 0 aliphatic rings. The summed E-state index contributed by atoms with van der Waals surface area (Å²) in [5.41, 5.74) is 3.89. The summed E-state index contributed by atoms with van der Waals surface area (Å²) in [7, 11) is 0. The Labute approximate surface area is 141 Å². The fourth-order valence-corrected chi connectivity index (χ4v) is 2.12. The maximum Gasteiger partial charge on any atom is 0.390 e. The molecular formula is C16H13N5O4. The molecule has 2 heterocycles. The van der Waals surface area contributed by atoms with Crippen LogP contribution in [0.5, 0.6) is 0 Å². The van der Waals surface area contributed by atoms with E-state index in [9.17, 15) is 14.9 Å². The Morgan fingerprint density at radius 2 is 2.16 bits per heavy atom. The number of hydrogen-bond acceptors (Lipinski definition) is 6. The van der Waals surface area contributed by atoms with Crippen LogP contribution in [0.15, 0.2) is 64.5 Å². The number of nitro groups is 1. The van der Waals surface area contributed by atoms with Crippen LogP contribution in [0.3, 0.4) is 0 Å². The number of hydrazone groups is 1. The van der Waals surface area contributed by atoms with E-state index < -0.39 is 16.6 Å². The van der Waals surface area contributed by atoms with Crippen LogP contribution in [0.25, 0.3) is 0 Å². The summed E-state index contributed by atoms with van der Waals surface area (Å²) in [4.78, 5) is 22.6. The summed E-state index contributed by atoms with van der Waals surface area (Å²) < 4.78 is 6.15. The lowest BCUT2D eigenvalue weighted by molar-refractivity contribution is -0.389. The summed E-state index contributed by atoms with van der Waals surface area (Å²) in [6.45, 7) is 0.225. The molecule has 0 unspecified atom stereocenters. The van der Waals surface area contributed by atoms with Gasteiger partial charge in [-0.15, -0.1) is 0 Å². The van der Waals surface area contributed by atoms with Gasteiger partial charge in [0.1, 0.15) is 0 Å². The van der Waals surface area contributed by atoms with Crippen molar-refractivity contribution >= 4 is 17.9 Å². The molecule has 0 fully saturated rings. The summed E-state index contributed by atoms with van der Waals surface area (Å²) in [6, 6.07) is 12.0. The Hall–Kier alpha value is -3.75. The van der Waals surface area contributed by atoms with Gasteiger partial charge in [-0.25, -0.2) is 5.43 Å². The van der Waals surface area contributed by atoms with Crippen molar-refractivity contribution in [2.45, 2.75) is 6.54 Å². The molecule has 1 amide bonds. The minimum atomic E-state index is -0.646. The van der Waals surface area contributed by atoms with E-state index in [0.29, 0.717) is 5.56 Å². The Balaban J connectivity index is 1.80. The third kappa shape index (κ3) is 3.96. The van der Waals surface area contributed by atoms with Gasteiger partial charge in [0.15, 0.2) is 5.69 Å². The largest absolute Gasteiger partial charge is 0.472 e. The highest BCUT2D eigenvalue weighted by molar-refractivity contribution is 5.93. The van der Waals surface area contributed by atoms with Gasteiger partial charge in [0.05, 0.1) is 36.5 Å². The van der Waals surface area contributed by atoms with E-state index in [1.807, 2.05) is 30.3 Å². The zero-order valence-corrected chi connectivity index (χ0v) is 12.9. The Morgan fingerprint density at radius 1 is 1.36 bits per heavy atom. The fraction of sp³-hybridized carbons (Fsp3) is 0.0625. The quantitative estimate of drug-likeness (QED) is 0.420. The number of carbonyl (C=O) groups excluding carboxylic acids is 1. The Kier molecular flexibility index (Phi) is 4.65. The second-order valence-electron chi connectivity index (χ2n) is 5.04. The number of benzene rings is 1. The van der Waals surface area contributed by atoms with E-state index >= 15 is 0 Å². The first-order chi connectivity index (χ1) is 12.1. The van der Waals surface area contributed by atoms with E-state index in [0.717, 1.165) is 11.6 Å². The van der Waals surface area contributed by atoms with Crippen LogP contribution >= 0.6 is 0 Å². The van der Waals surface area contributed by atoms with Crippen molar-refractivity contribution < 1.29 is 14.1 Å². The van der Waals surface area contributed by atoms with Gasteiger partial charge < -0.3 is 14.5 Å². The third-order valence-electron chi connectivity index (χ3n) is 3.28. The average Bonchev–Trinajstić information content (AvgIpc) is 3.25. The van der Waals surface area contributed by atoms with Crippen molar-refractivity contribution in [1.82, 2.24) is 15.2 Å². The molecule has 3 rings (SSSR count). The van der Waals surface area contributed by atoms with Crippen molar-refractivity contribution in [3.63, 3.8) is 0 Å². The highest BCUT2D eigenvalue weighted by Crippen LogP contribution is 2.14. The first-order valence-electron chi connectivity index (χ1n) is 7.25. The van der Waals surface area contributed by atoms with Gasteiger partial charge in [0.2, 0.25) is 0 Å². The first-order valence-corrected chi connectivity index (χ1v) is 7.25. The Bertz CT molecular complexity index is 900. The van der Waals surface area contributed by atoms with Crippen molar-refractivity contribution in [2.24, 2.45) is 5.10 Å². The molecule has 0 aliphatic heterocycles. The molecule has 0 aliphatic carbocycles. The van der Waals surface area contributed by atoms with Gasteiger partial charge in [-0.2, -0.15) is 9.78 Å². The number of nitrogens with one attached hydrogen (secondary N) is 1. The molecular weight excluding hydrogens is 326 g/mol. The van der Waals surface area contributed by atoms with Crippen LogP contribution in [0, 0.1) is 10.1 Å². The third-order valence-corrected chi connectivity index (χ3v) is 3.28. The molecule has 1 aromatic carbocycles. The monoisotopic (exact) mass is 339 g/mol. The second kappa shape index (κ2) is 7.21. The highest BCUT2D eigenvalue weighted by atomic mass is 16.6. The van der Waals surface area contributed by atoms with Gasteiger partial charge in [0.25, 0.3) is 5.91 Å². The summed E-state index contributed by atoms with van der Waals surface area (Å²) >= 11 is 0. The minimum Gasteiger partial charge on any atom is -0.472 e. The lowest BCUT2D eigenvalue weighted by atomic mass is 10.2. The molecule has 126 valence electrons. The molecule has 0 atom stereocenters. The molecule has 0 saturated heterocycles. The van der Waals surface area contributed by atoms with Crippen LogP contribution in [0.1, 0.15) is 21.6 Å². The van der Waals surface area contributed by atoms with Crippen LogP contribution in [0.4, 0.5) is 5.82 Å². The summed E-state index contributed by atoms with van der Waals surface area (Å²) in [6.07, 6.45) is 4.33. The van der Waals surface area contributed by atoms with E-state index in [4.69, 9.17) is 4.42 Å². The van der Waals surface area contributed by atoms with Crippen LogP contribution < -0.4 is 5.43 Å². The number of aromatic nitrogens is 2. The van der Waals surface area contributed by atoms with Crippen LogP contribution in [-0.2, 0) is 6.54 Å². The molecule has 0 bridgehead atoms. The maximum absolute atomic E-state index is 12.3. The topological polar surface area (TPSA) is 116 Å². The van der Waals surface area contributed by atoms with Gasteiger partial charge in [0, 0.05) is 5.56 Å². The lowest BCUT2D eigenvalue weighted by Crippen LogP contribution is -2.22. The predicted octanol–water partition coefficient (Wildman–Crippen LogP) is 2.20. The number of hydrogen-bond donors (Lipinski definition) is 1. The van der Waals surface area contributed by atoms with Crippen LogP contribution in [0.2, 0.25) is 0 Å². The molecule has 2 aromatic heterocycles. The molecule has 25 heavy (non-hydrogen) atoms. The summed E-state index contributed by atoms with van der Waals surface area (Å²) in [5, 5.41) is 18.6. The molecule has 1 N–H and O–H groups in total. The molecule has 0 saturated carbocycles. The standard InChI is InChI=1S/C16H13N5O4/c22-16(18-17-9-13-6-7-25-11-13)14-8-15(21(23)24)19-20(14)10-12-4-2-1-3-5-12/h1-9,11H,10H2,(H,18,22)/b17-9+. The molecule has 3 aromatic rings. The number of nitrogens with zero attached hydrogens (tertiary/aromatic N) is 4. The van der Waals surface area contributed by atoms with Crippen molar-refractivity contribution in [3.8, 4) is 0 Å². The average molecular weight is 339 g/mol. The van der Waals surface area contributed by atoms with Gasteiger partial charge in [-0.05, 0) is 16.6 Å². The van der Waals surface area contributed by atoms with Crippen LogP contribution in [-0.4, -0.2) is 26.8 Å². The number of amides is 1. The molecule has 9 nitrogen and oxygen atoms in total. The summed E-state index contributed by atoms with van der Waals surface area (Å²) in [5.74, 6) is -1.00.